The molecule has 2 N–H and O–H groups in total. The van der Waals surface area contributed by atoms with Gasteiger partial charge in [-0.2, -0.15) is 0 Å². The fraction of sp³-hybridized carbons (Fsp3) is 0.133. The van der Waals surface area contributed by atoms with Crippen molar-refractivity contribution in [2.24, 2.45) is 9.98 Å². The van der Waals surface area contributed by atoms with Crippen LogP contribution in [-0.2, 0) is 25.7 Å². The summed E-state index contributed by atoms with van der Waals surface area (Å²) in [6.07, 6.45) is 25.5. The van der Waals surface area contributed by atoms with Crippen molar-refractivity contribution in [3.8, 4) is 0 Å². The fourth-order valence-electron chi connectivity index (χ4n) is 11.3. The maximum absolute atomic E-state index is 6.01. The third-order valence-electron chi connectivity index (χ3n) is 14.2. The maximum Gasteiger partial charge on any atom is 0.0775 e. The van der Waals surface area contributed by atoms with Gasteiger partial charge in [-0.3, -0.25) is 0 Å². The molecule has 0 spiro atoms. The van der Waals surface area contributed by atoms with Crippen molar-refractivity contribution in [1.82, 2.24) is 9.97 Å². The molecule has 4 aromatic carbocycles. The lowest BCUT2D eigenvalue weighted by atomic mass is 9.84. The van der Waals surface area contributed by atoms with Crippen LogP contribution >= 0.6 is 0 Å². The molecule has 4 nitrogen and oxygen atoms in total. The molecule has 0 saturated carbocycles. The van der Waals surface area contributed by atoms with Crippen molar-refractivity contribution < 1.29 is 0 Å². The van der Waals surface area contributed by atoms with Crippen LogP contribution in [0.2, 0.25) is 0 Å². The molecule has 5 aliphatic carbocycles. The molecule has 7 aliphatic rings. The average Bonchev–Trinajstić information content (AvgIpc) is 4.14. The van der Waals surface area contributed by atoms with Crippen LogP contribution in [0.5, 0.6) is 0 Å². The molecule has 2 aliphatic heterocycles. The Morgan fingerprint density at radius 3 is 0.984 bits per heavy atom. The Hall–Kier alpha value is -7.56. The summed E-state index contributed by atoms with van der Waals surface area (Å²) < 4.78 is 0. The fourth-order valence-corrected chi connectivity index (χ4v) is 11.3. The highest BCUT2D eigenvalue weighted by molar-refractivity contribution is 6.35. The van der Waals surface area contributed by atoms with E-state index in [1.807, 2.05) is 0 Å². The Kier molecular flexibility index (Phi) is 8.72. The van der Waals surface area contributed by atoms with Gasteiger partial charge in [0.15, 0.2) is 0 Å². The van der Waals surface area contributed by atoms with E-state index in [1.54, 1.807) is 0 Å². The zero-order chi connectivity index (χ0) is 42.1. The SMILES string of the molecule is C1=CCC2=C(C1)C1=NC2=C(c2ccccc2)c2[nH]c(c3c2CC=CC3)C(c2ccccc2)=C2N=C(C3=C2CC=CC3)C(c2ccccc2)=c2[nH]c(c3c2CC=CC3)=C1c1ccccc1. The molecule has 6 aromatic rings. The minimum Gasteiger partial charge on any atom is -0.354 e. The minimum atomic E-state index is 0.829. The van der Waals surface area contributed by atoms with Crippen LogP contribution in [-0.4, -0.2) is 21.4 Å². The number of aromatic nitrogens is 2. The second kappa shape index (κ2) is 15.1. The van der Waals surface area contributed by atoms with Gasteiger partial charge in [0.05, 0.1) is 44.9 Å². The number of aliphatic imine (C=N–C) groups is 2. The number of allylic oxidation sites excluding steroid dienone is 12. The highest BCUT2D eigenvalue weighted by atomic mass is 14.9. The van der Waals surface area contributed by atoms with Crippen LogP contribution < -0.4 is 10.7 Å². The number of nitrogens with one attached hydrogen (secondary N) is 2. The molecule has 0 amide bonds. The van der Waals surface area contributed by atoms with Gasteiger partial charge >= 0.3 is 0 Å². The van der Waals surface area contributed by atoms with Crippen LogP contribution in [0, 0.1) is 0 Å². The van der Waals surface area contributed by atoms with Gasteiger partial charge in [0.25, 0.3) is 0 Å². The van der Waals surface area contributed by atoms with E-state index < -0.39 is 0 Å². The summed E-state index contributed by atoms with van der Waals surface area (Å²) in [6, 6.07) is 44.1. The molecule has 0 saturated heterocycles. The first-order valence-electron chi connectivity index (χ1n) is 23.0. The van der Waals surface area contributed by atoms with Crippen LogP contribution in [0.3, 0.4) is 0 Å². The number of hydrogen-bond donors (Lipinski definition) is 2. The van der Waals surface area contributed by atoms with Crippen molar-refractivity contribution >= 4 is 33.7 Å². The van der Waals surface area contributed by atoms with Crippen LogP contribution in [0.4, 0.5) is 0 Å². The lowest BCUT2D eigenvalue weighted by molar-refractivity contribution is 1.09. The van der Waals surface area contributed by atoms with Crippen LogP contribution in [0.15, 0.2) is 214 Å². The van der Waals surface area contributed by atoms with Gasteiger partial charge < -0.3 is 9.97 Å². The van der Waals surface area contributed by atoms with Crippen LogP contribution in [0.25, 0.3) is 22.3 Å². The predicted octanol–water partition coefficient (Wildman–Crippen LogP) is 11.5. The van der Waals surface area contributed by atoms with Gasteiger partial charge in [0.2, 0.25) is 0 Å². The lowest BCUT2D eigenvalue weighted by Gasteiger charge is -2.17. The largest absolute Gasteiger partial charge is 0.354 e. The van der Waals surface area contributed by atoms with Crippen molar-refractivity contribution in [1.29, 1.82) is 0 Å². The molecule has 0 atom stereocenters. The van der Waals surface area contributed by atoms with E-state index in [9.17, 15) is 0 Å². The molecule has 13 rings (SSSR count). The van der Waals surface area contributed by atoms with Crippen molar-refractivity contribution in [3.63, 3.8) is 0 Å². The molecule has 0 fully saturated rings. The Bertz CT molecular complexity index is 3200. The summed E-state index contributed by atoms with van der Waals surface area (Å²) >= 11 is 0. The monoisotopic (exact) mass is 822 g/mol. The van der Waals surface area contributed by atoms with Crippen molar-refractivity contribution in [2.45, 2.75) is 51.4 Å². The first-order valence-corrected chi connectivity index (χ1v) is 23.0. The summed E-state index contributed by atoms with van der Waals surface area (Å²) in [5, 5.41) is 2.32. The highest BCUT2D eigenvalue weighted by Crippen LogP contribution is 2.48. The number of aromatic amines is 2. The van der Waals surface area contributed by atoms with E-state index in [2.05, 4.69) is 180 Å². The number of hydrogen-bond acceptors (Lipinski definition) is 2. The van der Waals surface area contributed by atoms with Crippen molar-refractivity contribution in [3.05, 3.63) is 270 Å². The summed E-state index contributed by atoms with van der Waals surface area (Å²) in [5.41, 5.74) is 26.6. The van der Waals surface area contributed by atoms with E-state index in [0.29, 0.717) is 0 Å². The van der Waals surface area contributed by atoms with E-state index in [0.717, 1.165) is 96.3 Å². The molecule has 306 valence electrons. The maximum atomic E-state index is 6.01. The second-order valence-corrected chi connectivity index (χ2v) is 17.7. The molecule has 64 heavy (non-hydrogen) atoms. The highest BCUT2D eigenvalue weighted by Gasteiger charge is 2.37. The predicted molar refractivity (Wildman–Crippen MR) is 262 cm³/mol. The summed E-state index contributed by atoms with van der Waals surface area (Å²) in [5.74, 6) is 0. The molecule has 2 aromatic heterocycles. The number of benzene rings is 4. The molecule has 8 bridgehead atoms. The number of nitrogens with zero attached hydrogens (tertiary/aromatic N) is 2. The van der Waals surface area contributed by atoms with Gasteiger partial charge in [-0.15, -0.1) is 0 Å². The molecular formula is C60H46N4. The second-order valence-electron chi connectivity index (χ2n) is 17.7. The average molecular weight is 823 g/mol. The van der Waals surface area contributed by atoms with Gasteiger partial charge in [-0.25, -0.2) is 9.98 Å². The Morgan fingerprint density at radius 2 is 0.609 bits per heavy atom. The number of rotatable bonds is 4. The van der Waals surface area contributed by atoms with E-state index in [-0.39, 0.29) is 0 Å². The van der Waals surface area contributed by atoms with Gasteiger partial charge in [0, 0.05) is 22.3 Å². The van der Waals surface area contributed by atoms with E-state index >= 15 is 0 Å². The first-order chi connectivity index (χ1) is 31.8. The van der Waals surface area contributed by atoms with E-state index in [1.165, 1.54) is 89.1 Å². The third kappa shape index (κ3) is 5.75. The summed E-state index contributed by atoms with van der Waals surface area (Å²) in [6.45, 7) is 0. The minimum absolute atomic E-state index is 0.829. The number of H-pyrrole nitrogens is 2. The normalized spacial score (nSPS) is 18.4. The van der Waals surface area contributed by atoms with Gasteiger partial charge in [0.1, 0.15) is 0 Å². The molecule has 0 unspecified atom stereocenters. The molecule has 4 heteroatoms. The first kappa shape index (κ1) is 37.0. The van der Waals surface area contributed by atoms with Gasteiger partial charge in [-0.1, -0.05) is 170 Å². The molecular weight excluding hydrogens is 777 g/mol. The Labute approximate surface area is 373 Å². The quantitative estimate of drug-likeness (QED) is 0.166. The standard InChI is InChI=1S/C60H46N4/c1-5-21-37(22-6-1)49-53-41-29-13-15-31-43(41)55(61-53)50(38-23-7-2-8-24-38)57-45-33-17-19-35-47(45)59(63-57)52(40-27-11-4-12-28-40)60-48-36-20-18-34-46(48)58(64-60)51(39-25-9-3-10-26-39)56-44-32-16-14-30-42(44)54(49)62-56/h1-28,61,64H,29-36H2. The zero-order valence-electron chi connectivity index (χ0n) is 35.7. The van der Waals surface area contributed by atoms with E-state index in [4.69, 9.17) is 9.98 Å². The van der Waals surface area contributed by atoms with Crippen LogP contribution in [0.1, 0.15) is 81.6 Å². The summed E-state index contributed by atoms with van der Waals surface area (Å²) in [4.78, 5) is 20.5. The van der Waals surface area contributed by atoms with Crippen molar-refractivity contribution in [2.75, 3.05) is 0 Å². The molecule has 0 radical (unpaired) electrons. The van der Waals surface area contributed by atoms with Gasteiger partial charge in [-0.05, 0) is 118 Å². The third-order valence-corrected chi connectivity index (χ3v) is 14.2. The smallest absolute Gasteiger partial charge is 0.0775 e. The lowest BCUT2D eigenvalue weighted by Crippen LogP contribution is -2.24. The summed E-state index contributed by atoms with van der Waals surface area (Å²) in [7, 11) is 0. The Balaban J connectivity index is 1.29. The molecule has 4 heterocycles. The topological polar surface area (TPSA) is 56.3 Å². The Morgan fingerprint density at radius 1 is 0.297 bits per heavy atom. The zero-order valence-corrected chi connectivity index (χ0v) is 35.7.